The molecule has 1 atom stereocenters. The van der Waals surface area contributed by atoms with E-state index in [9.17, 15) is 14.7 Å². The van der Waals surface area contributed by atoms with Crippen molar-refractivity contribution in [1.82, 2.24) is 5.32 Å². The van der Waals surface area contributed by atoms with Gasteiger partial charge in [0, 0.05) is 30.9 Å². The lowest BCUT2D eigenvalue weighted by atomic mass is 10.3. The van der Waals surface area contributed by atoms with E-state index in [0.29, 0.717) is 29.7 Å². The van der Waals surface area contributed by atoms with E-state index in [1.165, 1.54) is 13.0 Å². The molecule has 2 aromatic carbocycles. The van der Waals surface area contributed by atoms with Crippen LogP contribution >= 0.6 is 0 Å². The van der Waals surface area contributed by atoms with E-state index < -0.39 is 6.10 Å². The van der Waals surface area contributed by atoms with E-state index in [2.05, 4.69) is 16.0 Å². The number of aliphatic hydroxyl groups excluding tert-OH is 1. The summed E-state index contributed by atoms with van der Waals surface area (Å²) in [6.45, 7) is 6.10. The summed E-state index contributed by atoms with van der Waals surface area (Å²) in [7, 11) is 0. The van der Waals surface area contributed by atoms with Crippen LogP contribution in [-0.2, 0) is 4.79 Å². The highest BCUT2D eigenvalue weighted by atomic mass is 16.5. The van der Waals surface area contributed by atoms with Crippen LogP contribution in [0.15, 0.2) is 53.3 Å². The largest absolute Gasteiger partial charge is 0.491 e. The highest BCUT2D eigenvalue weighted by Crippen LogP contribution is 2.19. The number of amides is 1. The summed E-state index contributed by atoms with van der Waals surface area (Å²) in [6.07, 6.45) is -0.592. The monoisotopic (exact) mass is 385 g/mol. The predicted octanol–water partition coefficient (Wildman–Crippen LogP) is 2.49. The molecule has 28 heavy (non-hydrogen) atoms. The first-order valence-corrected chi connectivity index (χ1v) is 9.17. The van der Waals surface area contributed by atoms with Crippen molar-refractivity contribution in [3.8, 4) is 5.75 Å². The third-order valence-corrected chi connectivity index (χ3v) is 3.77. The average molecular weight is 385 g/mol. The smallest absolute Gasteiger partial charge is 0.221 e. The van der Waals surface area contributed by atoms with Crippen molar-refractivity contribution in [2.24, 2.45) is 0 Å². The van der Waals surface area contributed by atoms with Gasteiger partial charge < -0.3 is 25.8 Å². The van der Waals surface area contributed by atoms with Crippen molar-refractivity contribution < 1.29 is 14.6 Å². The van der Waals surface area contributed by atoms with E-state index in [1.54, 1.807) is 42.5 Å². The molecule has 150 valence electrons. The van der Waals surface area contributed by atoms with Crippen LogP contribution in [0, 0.1) is 0 Å². The Labute approximate surface area is 164 Å². The molecule has 0 saturated carbocycles. The fourth-order valence-corrected chi connectivity index (χ4v) is 2.37. The Morgan fingerprint density at radius 2 is 1.68 bits per heavy atom. The van der Waals surface area contributed by atoms with E-state index in [0.717, 1.165) is 5.69 Å². The van der Waals surface area contributed by atoms with Crippen LogP contribution in [0.4, 0.5) is 17.1 Å². The molecule has 1 amide bonds. The van der Waals surface area contributed by atoms with E-state index in [4.69, 9.17) is 4.74 Å². The number of carbonyl (C=O) groups excluding carboxylic acids is 1. The molecule has 0 radical (unpaired) electrons. The van der Waals surface area contributed by atoms with Crippen molar-refractivity contribution in [3.63, 3.8) is 0 Å². The highest BCUT2D eigenvalue weighted by Gasteiger charge is 2.06. The van der Waals surface area contributed by atoms with Gasteiger partial charge in [0.1, 0.15) is 18.5 Å². The Bertz CT molecular complexity index is 838. The molecule has 0 aliphatic rings. The molecular weight excluding hydrogens is 358 g/mol. The maximum atomic E-state index is 12.2. The number of anilines is 3. The van der Waals surface area contributed by atoms with Gasteiger partial charge >= 0.3 is 0 Å². The number of hydrogen-bond acceptors (Lipinski definition) is 6. The minimum atomic E-state index is -0.592. The van der Waals surface area contributed by atoms with Gasteiger partial charge in [-0.25, -0.2) is 0 Å². The Morgan fingerprint density at radius 3 is 2.32 bits per heavy atom. The fraction of sp³-hybridized carbons (Fsp3) is 0.333. The molecule has 0 aliphatic carbocycles. The number of aliphatic hydroxyl groups is 1. The number of benzene rings is 1. The van der Waals surface area contributed by atoms with Crippen LogP contribution in [0.2, 0.25) is 0 Å². The Morgan fingerprint density at radius 1 is 1.04 bits per heavy atom. The van der Waals surface area contributed by atoms with Gasteiger partial charge in [-0.15, -0.1) is 0 Å². The summed E-state index contributed by atoms with van der Waals surface area (Å²) in [5, 5.41) is 18.7. The SMILES string of the molecule is CC(=O)Nc1ccc(Nc2ccc(OC[C@@H](O)CNC(C)C)cc2)c(=O)cc1. The molecule has 7 nitrogen and oxygen atoms in total. The van der Waals surface area contributed by atoms with E-state index in [1.807, 2.05) is 13.8 Å². The molecule has 2 rings (SSSR count). The number of ether oxygens (including phenoxy) is 1. The summed E-state index contributed by atoms with van der Waals surface area (Å²) in [6, 6.07) is 13.7. The van der Waals surface area contributed by atoms with Gasteiger partial charge in [-0.2, -0.15) is 0 Å². The van der Waals surface area contributed by atoms with Gasteiger partial charge in [0.15, 0.2) is 0 Å². The standard InChI is InChI=1S/C21H27N3O4/c1-14(2)22-12-18(26)13-28-19-8-4-17(5-9-19)24-20-10-6-16(23-15(3)25)7-11-21(20)27/h4-11,14,18,22,26H,12-13H2,1-3H3,(H,23,25)(H,24,27)/t18-/m0/s1. The van der Waals surface area contributed by atoms with Gasteiger partial charge in [0.05, 0.1) is 5.69 Å². The third-order valence-electron chi connectivity index (χ3n) is 3.77. The van der Waals surface area contributed by atoms with Crippen molar-refractivity contribution in [2.45, 2.75) is 32.9 Å². The minimum Gasteiger partial charge on any atom is -0.491 e. The van der Waals surface area contributed by atoms with Crippen LogP contribution in [0.1, 0.15) is 20.8 Å². The van der Waals surface area contributed by atoms with Gasteiger partial charge in [0.25, 0.3) is 0 Å². The molecule has 0 fully saturated rings. The molecule has 0 unspecified atom stereocenters. The number of rotatable bonds is 9. The zero-order valence-electron chi connectivity index (χ0n) is 16.4. The Balaban J connectivity index is 1.96. The summed E-state index contributed by atoms with van der Waals surface area (Å²) < 4.78 is 5.58. The van der Waals surface area contributed by atoms with Gasteiger partial charge in [-0.3, -0.25) is 9.59 Å². The van der Waals surface area contributed by atoms with E-state index >= 15 is 0 Å². The van der Waals surface area contributed by atoms with Gasteiger partial charge in [-0.05, 0) is 48.5 Å². The molecule has 0 saturated heterocycles. The van der Waals surface area contributed by atoms with Crippen LogP contribution < -0.4 is 26.1 Å². The summed E-state index contributed by atoms with van der Waals surface area (Å²) in [4.78, 5) is 23.3. The lowest BCUT2D eigenvalue weighted by Crippen LogP contribution is -2.35. The zero-order chi connectivity index (χ0) is 20.5. The first-order chi connectivity index (χ1) is 13.3. The normalized spacial score (nSPS) is 11.8. The van der Waals surface area contributed by atoms with Crippen molar-refractivity contribution in [3.05, 3.63) is 58.8 Å². The second-order valence-electron chi connectivity index (χ2n) is 6.76. The average Bonchev–Trinajstić information content (AvgIpc) is 2.81. The first kappa shape index (κ1) is 21.4. The minimum absolute atomic E-state index is 0.192. The molecule has 0 aliphatic heterocycles. The second-order valence-corrected chi connectivity index (χ2v) is 6.76. The summed E-state index contributed by atoms with van der Waals surface area (Å²) in [5.74, 6) is 0.428. The lowest BCUT2D eigenvalue weighted by molar-refractivity contribution is -0.114. The van der Waals surface area contributed by atoms with Crippen LogP contribution in [0.3, 0.4) is 0 Å². The van der Waals surface area contributed by atoms with Crippen molar-refractivity contribution in [1.29, 1.82) is 0 Å². The van der Waals surface area contributed by atoms with Crippen molar-refractivity contribution in [2.75, 3.05) is 23.8 Å². The molecular formula is C21H27N3O4. The molecule has 2 aromatic rings. The molecule has 0 spiro atoms. The zero-order valence-corrected chi connectivity index (χ0v) is 16.4. The van der Waals surface area contributed by atoms with Gasteiger partial charge in [0.2, 0.25) is 11.3 Å². The Kier molecular flexibility index (Phi) is 7.98. The highest BCUT2D eigenvalue weighted by molar-refractivity contribution is 5.88. The van der Waals surface area contributed by atoms with Crippen molar-refractivity contribution >= 4 is 23.0 Å². The topological polar surface area (TPSA) is 99.7 Å². The maximum absolute atomic E-state index is 12.2. The Hall–Kier alpha value is -2.90. The van der Waals surface area contributed by atoms with Crippen LogP contribution in [0.5, 0.6) is 5.75 Å². The first-order valence-electron chi connectivity index (χ1n) is 9.17. The lowest BCUT2D eigenvalue weighted by Gasteiger charge is -2.15. The molecule has 0 aromatic heterocycles. The number of carbonyl (C=O) groups is 1. The maximum Gasteiger partial charge on any atom is 0.221 e. The summed E-state index contributed by atoms with van der Waals surface area (Å²) in [5.41, 5.74) is 1.46. The summed E-state index contributed by atoms with van der Waals surface area (Å²) >= 11 is 0. The molecule has 0 bridgehead atoms. The van der Waals surface area contributed by atoms with Gasteiger partial charge in [-0.1, -0.05) is 13.8 Å². The number of nitrogens with one attached hydrogen (secondary N) is 3. The van der Waals surface area contributed by atoms with Crippen LogP contribution in [-0.4, -0.2) is 36.3 Å². The number of hydrogen-bond donors (Lipinski definition) is 4. The second kappa shape index (κ2) is 10.4. The van der Waals surface area contributed by atoms with Crippen LogP contribution in [0.25, 0.3) is 0 Å². The molecule has 0 heterocycles. The van der Waals surface area contributed by atoms with E-state index in [-0.39, 0.29) is 17.9 Å². The molecule has 7 heteroatoms. The molecule has 4 N–H and O–H groups in total. The quantitative estimate of drug-likeness (QED) is 0.529. The third kappa shape index (κ3) is 7.38. The predicted molar refractivity (Wildman–Crippen MR) is 111 cm³/mol. The fourth-order valence-electron chi connectivity index (χ4n) is 2.37.